The summed E-state index contributed by atoms with van der Waals surface area (Å²) < 4.78 is 0. The summed E-state index contributed by atoms with van der Waals surface area (Å²) in [5, 5.41) is 11.4. The maximum atomic E-state index is 11.3. The van der Waals surface area contributed by atoms with Crippen molar-refractivity contribution in [3.63, 3.8) is 0 Å². The first kappa shape index (κ1) is 12.4. The minimum absolute atomic E-state index is 0.0137. The maximum Gasteiger partial charge on any atom is 0.222 e. The van der Waals surface area contributed by atoms with Crippen molar-refractivity contribution >= 4 is 5.91 Å². The number of carbonyl (C=O) groups excluding carboxylic acids is 1. The second kappa shape index (κ2) is 5.19. The monoisotopic (exact) mass is 188 g/mol. The average molecular weight is 188 g/mol. The van der Waals surface area contributed by atoms with E-state index in [1.165, 1.54) is 0 Å². The Bertz CT molecular complexity index is 163. The molecule has 0 spiro atoms. The van der Waals surface area contributed by atoms with Gasteiger partial charge >= 0.3 is 0 Å². The van der Waals surface area contributed by atoms with Crippen LogP contribution in [-0.2, 0) is 4.79 Å². The standard InChI is InChI=1S/C9H20N2O2/c1-7(4-5-12)11-8(13)6-9(2,3)10/h7,12H,4-6,10H2,1-3H3,(H,11,13). The molecule has 0 aliphatic heterocycles. The molecular weight excluding hydrogens is 168 g/mol. The number of nitrogens with two attached hydrogens (primary N) is 1. The topological polar surface area (TPSA) is 75.3 Å². The molecule has 1 atom stereocenters. The Hall–Kier alpha value is -0.610. The van der Waals surface area contributed by atoms with E-state index in [0.29, 0.717) is 12.8 Å². The third kappa shape index (κ3) is 7.74. The summed E-state index contributed by atoms with van der Waals surface area (Å²) in [6.45, 7) is 5.57. The highest BCUT2D eigenvalue weighted by Gasteiger charge is 2.17. The second-order valence-corrected chi connectivity index (χ2v) is 4.15. The highest BCUT2D eigenvalue weighted by Crippen LogP contribution is 2.03. The van der Waals surface area contributed by atoms with Gasteiger partial charge in [-0.25, -0.2) is 0 Å². The van der Waals surface area contributed by atoms with Crippen LogP contribution in [-0.4, -0.2) is 29.2 Å². The Morgan fingerprint density at radius 2 is 2.15 bits per heavy atom. The first-order chi connectivity index (χ1) is 5.85. The van der Waals surface area contributed by atoms with E-state index in [0.717, 1.165) is 0 Å². The molecule has 4 heteroatoms. The number of aliphatic hydroxyl groups is 1. The van der Waals surface area contributed by atoms with Crippen molar-refractivity contribution in [2.75, 3.05) is 6.61 Å². The average Bonchev–Trinajstić information content (AvgIpc) is 1.81. The van der Waals surface area contributed by atoms with Gasteiger partial charge in [-0.1, -0.05) is 0 Å². The lowest BCUT2D eigenvalue weighted by Gasteiger charge is -2.19. The molecule has 0 aromatic heterocycles. The number of rotatable bonds is 5. The van der Waals surface area contributed by atoms with Gasteiger partial charge in [0.25, 0.3) is 0 Å². The van der Waals surface area contributed by atoms with Crippen LogP contribution in [0.25, 0.3) is 0 Å². The molecule has 1 amide bonds. The molecular formula is C9H20N2O2. The van der Waals surface area contributed by atoms with Crippen LogP contribution in [0.2, 0.25) is 0 Å². The zero-order chi connectivity index (χ0) is 10.5. The van der Waals surface area contributed by atoms with Gasteiger partial charge in [0.2, 0.25) is 5.91 Å². The summed E-state index contributed by atoms with van der Waals surface area (Å²) in [4.78, 5) is 11.3. The van der Waals surface area contributed by atoms with Crippen molar-refractivity contribution in [2.45, 2.75) is 45.2 Å². The van der Waals surface area contributed by atoms with Crippen LogP contribution in [0.5, 0.6) is 0 Å². The van der Waals surface area contributed by atoms with Gasteiger partial charge < -0.3 is 16.2 Å². The summed E-state index contributed by atoms with van der Waals surface area (Å²) in [5.74, 6) is -0.0616. The summed E-state index contributed by atoms with van der Waals surface area (Å²) in [5.41, 5.74) is 5.21. The van der Waals surface area contributed by atoms with E-state index in [-0.39, 0.29) is 18.6 Å². The number of nitrogens with one attached hydrogen (secondary N) is 1. The van der Waals surface area contributed by atoms with Crippen molar-refractivity contribution in [2.24, 2.45) is 5.73 Å². The van der Waals surface area contributed by atoms with Crippen LogP contribution in [0.3, 0.4) is 0 Å². The largest absolute Gasteiger partial charge is 0.396 e. The Balaban J connectivity index is 3.74. The molecule has 1 unspecified atom stereocenters. The molecule has 0 saturated carbocycles. The molecule has 4 N–H and O–H groups in total. The lowest BCUT2D eigenvalue weighted by molar-refractivity contribution is -0.122. The van der Waals surface area contributed by atoms with Gasteiger partial charge in [0.15, 0.2) is 0 Å². The molecule has 0 bridgehead atoms. The molecule has 0 aliphatic rings. The van der Waals surface area contributed by atoms with Crippen LogP contribution >= 0.6 is 0 Å². The van der Waals surface area contributed by atoms with Crippen molar-refractivity contribution in [3.05, 3.63) is 0 Å². The molecule has 0 aromatic carbocycles. The third-order valence-electron chi connectivity index (χ3n) is 1.59. The minimum atomic E-state index is -0.469. The summed E-state index contributed by atoms with van der Waals surface area (Å²) in [6, 6.07) is 0.0137. The predicted molar refractivity (Wildman–Crippen MR) is 52.2 cm³/mol. The van der Waals surface area contributed by atoms with Gasteiger partial charge in [-0.05, 0) is 27.2 Å². The highest BCUT2D eigenvalue weighted by molar-refractivity contribution is 5.77. The van der Waals surface area contributed by atoms with Gasteiger partial charge in [-0.15, -0.1) is 0 Å². The minimum Gasteiger partial charge on any atom is -0.396 e. The zero-order valence-electron chi connectivity index (χ0n) is 8.63. The van der Waals surface area contributed by atoms with Crippen molar-refractivity contribution < 1.29 is 9.90 Å². The molecule has 0 aromatic rings. The van der Waals surface area contributed by atoms with Crippen LogP contribution in [0, 0.1) is 0 Å². The number of amides is 1. The van der Waals surface area contributed by atoms with E-state index < -0.39 is 5.54 Å². The highest BCUT2D eigenvalue weighted by atomic mass is 16.3. The molecule has 13 heavy (non-hydrogen) atoms. The normalized spacial score (nSPS) is 13.9. The third-order valence-corrected chi connectivity index (χ3v) is 1.59. The van der Waals surface area contributed by atoms with Crippen LogP contribution in [0.4, 0.5) is 0 Å². The van der Waals surface area contributed by atoms with Gasteiger partial charge in [-0.2, -0.15) is 0 Å². The second-order valence-electron chi connectivity index (χ2n) is 4.15. The molecule has 0 aliphatic carbocycles. The van der Waals surface area contributed by atoms with Crippen molar-refractivity contribution in [3.8, 4) is 0 Å². The molecule has 4 nitrogen and oxygen atoms in total. The van der Waals surface area contributed by atoms with Crippen LogP contribution in [0.15, 0.2) is 0 Å². The van der Waals surface area contributed by atoms with E-state index in [2.05, 4.69) is 5.32 Å². The number of hydrogen-bond acceptors (Lipinski definition) is 3. The fraction of sp³-hybridized carbons (Fsp3) is 0.889. The molecule has 0 fully saturated rings. The van der Waals surface area contributed by atoms with E-state index in [1.54, 1.807) is 0 Å². The molecule has 78 valence electrons. The Morgan fingerprint density at radius 1 is 1.62 bits per heavy atom. The fourth-order valence-corrected chi connectivity index (χ4v) is 1.01. The Morgan fingerprint density at radius 3 is 2.54 bits per heavy atom. The molecule has 0 radical (unpaired) electrons. The summed E-state index contributed by atoms with van der Waals surface area (Å²) in [7, 11) is 0. The van der Waals surface area contributed by atoms with E-state index >= 15 is 0 Å². The first-order valence-corrected chi connectivity index (χ1v) is 4.54. The van der Waals surface area contributed by atoms with Crippen LogP contribution in [0.1, 0.15) is 33.6 Å². The Kier molecular flexibility index (Phi) is 4.95. The summed E-state index contributed by atoms with van der Waals surface area (Å²) in [6.07, 6.45) is 0.888. The van der Waals surface area contributed by atoms with Gasteiger partial charge in [0.05, 0.1) is 0 Å². The van der Waals surface area contributed by atoms with Gasteiger partial charge in [0, 0.05) is 24.6 Å². The first-order valence-electron chi connectivity index (χ1n) is 4.54. The Labute approximate surface area is 79.5 Å². The number of aliphatic hydroxyl groups excluding tert-OH is 1. The summed E-state index contributed by atoms with van der Waals surface area (Å²) >= 11 is 0. The number of carbonyl (C=O) groups is 1. The fourth-order valence-electron chi connectivity index (χ4n) is 1.01. The lowest BCUT2D eigenvalue weighted by atomic mass is 10.0. The number of hydrogen-bond donors (Lipinski definition) is 3. The zero-order valence-corrected chi connectivity index (χ0v) is 8.63. The lowest BCUT2D eigenvalue weighted by Crippen LogP contribution is -2.41. The van der Waals surface area contributed by atoms with E-state index in [1.807, 2.05) is 20.8 Å². The van der Waals surface area contributed by atoms with Gasteiger partial charge in [-0.3, -0.25) is 4.79 Å². The van der Waals surface area contributed by atoms with E-state index in [9.17, 15) is 4.79 Å². The maximum absolute atomic E-state index is 11.3. The smallest absolute Gasteiger partial charge is 0.222 e. The predicted octanol–water partition coefficient (Wildman–Crippen LogP) is 0.000900. The van der Waals surface area contributed by atoms with E-state index in [4.69, 9.17) is 10.8 Å². The van der Waals surface area contributed by atoms with Crippen molar-refractivity contribution in [1.29, 1.82) is 0 Å². The van der Waals surface area contributed by atoms with Crippen molar-refractivity contribution in [1.82, 2.24) is 5.32 Å². The molecule has 0 rings (SSSR count). The molecule has 0 heterocycles. The molecule has 0 saturated heterocycles. The quantitative estimate of drug-likeness (QED) is 0.568. The van der Waals surface area contributed by atoms with Crippen LogP contribution < -0.4 is 11.1 Å². The SMILES string of the molecule is CC(CCO)NC(=O)CC(C)(C)N. The van der Waals surface area contributed by atoms with Gasteiger partial charge in [0.1, 0.15) is 0 Å².